The minimum Gasteiger partial charge on any atom is -0.488 e. The Morgan fingerprint density at radius 3 is 2.79 bits per heavy atom. The zero-order chi connectivity index (χ0) is 23.2. The average Bonchev–Trinajstić information content (AvgIpc) is 3.40. The Morgan fingerprint density at radius 1 is 1.18 bits per heavy atom. The fraction of sp³-hybridized carbons (Fsp3) is 0.417. The fourth-order valence-corrected chi connectivity index (χ4v) is 4.51. The minimum absolute atomic E-state index is 0.313. The number of aromatic nitrogens is 6. The lowest BCUT2D eigenvalue weighted by molar-refractivity contribution is 0.269. The Bertz CT molecular complexity index is 1290. The topological polar surface area (TPSA) is 94.2 Å². The van der Waals surface area contributed by atoms with Gasteiger partial charge in [-0.05, 0) is 37.8 Å². The number of anilines is 2. The highest BCUT2D eigenvalue weighted by atomic mass is 16.5. The lowest BCUT2D eigenvalue weighted by Gasteiger charge is -2.16. The molecular formula is C24H30N8O. The Hall–Kier alpha value is -3.46. The number of pyridine rings is 1. The Balaban J connectivity index is 1.37. The zero-order valence-corrected chi connectivity index (χ0v) is 19.8. The molecule has 0 amide bonds. The highest BCUT2D eigenvalue weighted by Crippen LogP contribution is 2.32. The van der Waals surface area contributed by atoms with Gasteiger partial charge >= 0.3 is 0 Å². The van der Waals surface area contributed by atoms with Gasteiger partial charge in [0.25, 0.3) is 0 Å². The van der Waals surface area contributed by atoms with E-state index < -0.39 is 0 Å². The maximum Gasteiger partial charge on any atom is 0.165 e. The molecule has 1 unspecified atom stereocenters. The summed E-state index contributed by atoms with van der Waals surface area (Å²) in [6.45, 7) is 10.0. The van der Waals surface area contributed by atoms with Gasteiger partial charge in [0.05, 0.1) is 11.7 Å². The molecule has 0 aromatic carbocycles. The van der Waals surface area contributed by atoms with Crippen molar-refractivity contribution in [2.75, 3.05) is 18.5 Å². The summed E-state index contributed by atoms with van der Waals surface area (Å²) in [6, 6.07) is 8.38. The van der Waals surface area contributed by atoms with E-state index in [1.165, 1.54) is 0 Å². The second kappa shape index (κ2) is 8.15. The van der Waals surface area contributed by atoms with Crippen LogP contribution >= 0.6 is 0 Å². The molecule has 0 aliphatic carbocycles. The first-order chi connectivity index (χ1) is 15.8. The molecule has 9 nitrogen and oxygen atoms in total. The number of ether oxygens (including phenoxy) is 1. The van der Waals surface area contributed by atoms with Crippen molar-refractivity contribution in [3.63, 3.8) is 0 Å². The quantitative estimate of drug-likeness (QED) is 0.467. The van der Waals surface area contributed by atoms with Gasteiger partial charge < -0.3 is 15.4 Å². The largest absolute Gasteiger partial charge is 0.488 e. The van der Waals surface area contributed by atoms with E-state index in [1.54, 1.807) is 6.20 Å². The van der Waals surface area contributed by atoms with Crippen LogP contribution in [0.3, 0.4) is 0 Å². The monoisotopic (exact) mass is 446 g/mol. The Morgan fingerprint density at radius 2 is 2.03 bits per heavy atom. The molecule has 0 saturated carbocycles. The molecule has 33 heavy (non-hydrogen) atoms. The molecule has 2 N–H and O–H groups in total. The van der Waals surface area contributed by atoms with Crippen molar-refractivity contribution < 1.29 is 4.74 Å². The number of nitrogens with zero attached hydrogens (tertiary/aromatic N) is 6. The molecular weight excluding hydrogens is 416 g/mol. The zero-order valence-electron chi connectivity index (χ0n) is 19.8. The van der Waals surface area contributed by atoms with Gasteiger partial charge in [-0.15, -0.1) is 0 Å². The van der Waals surface area contributed by atoms with Crippen LogP contribution in [0.5, 0.6) is 5.75 Å². The second-order valence-electron chi connectivity index (χ2n) is 9.62. The van der Waals surface area contributed by atoms with Gasteiger partial charge in [-0.1, -0.05) is 13.8 Å². The van der Waals surface area contributed by atoms with Crippen LogP contribution in [-0.2, 0) is 7.05 Å². The van der Waals surface area contributed by atoms with Crippen molar-refractivity contribution in [3.8, 4) is 17.0 Å². The van der Waals surface area contributed by atoms with Crippen LogP contribution in [0, 0.1) is 19.3 Å². The van der Waals surface area contributed by atoms with Gasteiger partial charge in [-0.3, -0.25) is 4.68 Å². The van der Waals surface area contributed by atoms with Gasteiger partial charge in [0, 0.05) is 49.2 Å². The van der Waals surface area contributed by atoms with Crippen molar-refractivity contribution in [1.82, 2.24) is 34.7 Å². The molecule has 0 bridgehead atoms. The molecule has 5 rings (SSSR count). The smallest absolute Gasteiger partial charge is 0.165 e. The van der Waals surface area contributed by atoms with Gasteiger partial charge in [0.1, 0.15) is 23.9 Å². The predicted octanol–water partition coefficient (Wildman–Crippen LogP) is 3.65. The summed E-state index contributed by atoms with van der Waals surface area (Å²) in [7, 11) is 1.94. The molecule has 0 spiro atoms. The third kappa shape index (κ3) is 4.54. The van der Waals surface area contributed by atoms with E-state index in [0.717, 1.165) is 58.6 Å². The van der Waals surface area contributed by atoms with Crippen molar-refractivity contribution >= 4 is 17.2 Å². The predicted molar refractivity (Wildman–Crippen MR) is 128 cm³/mol. The van der Waals surface area contributed by atoms with Gasteiger partial charge in [-0.25, -0.2) is 14.5 Å². The minimum atomic E-state index is 0.313. The molecule has 1 fully saturated rings. The summed E-state index contributed by atoms with van der Waals surface area (Å²) in [6.07, 6.45) is 4.85. The van der Waals surface area contributed by atoms with Gasteiger partial charge in [0.15, 0.2) is 11.6 Å². The van der Waals surface area contributed by atoms with E-state index in [1.807, 2.05) is 54.5 Å². The lowest BCUT2D eigenvalue weighted by Crippen LogP contribution is -2.28. The number of rotatable bonds is 6. The molecule has 5 heterocycles. The molecule has 4 aromatic rings. The van der Waals surface area contributed by atoms with Crippen LogP contribution in [0.2, 0.25) is 0 Å². The third-order valence-corrected chi connectivity index (χ3v) is 5.97. The lowest BCUT2D eigenvalue weighted by atomic mass is 9.91. The molecule has 1 aliphatic rings. The number of hydrogen-bond donors (Lipinski definition) is 2. The number of nitrogens with one attached hydrogen (secondary N) is 2. The van der Waals surface area contributed by atoms with Crippen LogP contribution in [0.25, 0.3) is 16.8 Å². The number of fused-ring (bicyclic) bond motifs is 1. The van der Waals surface area contributed by atoms with E-state index in [9.17, 15) is 0 Å². The number of aryl methyl sites for hydroxylation is 3. The summed E-state index contributed by atoms with van der Waals surface area (Å²) in [5.41, 5.74) is 4.17. The first-order valence-electron chi connectivity index (χ1n) is 11.2. The van der Waals surface area contributed by atoms with Crippen molar-refractivity contribution in [2.24, 2.45) is 12.5 Å². The van der Waals surface area contributed by atoms with Gasteiger partial charge in [0.2, 0.25) is 0 Å². The fourth-order valence-electron chi connectivity index (χ4n) is 4.51. The van der Waals surface area contributed by atoms with Gasteiger partial charge in [-0.2, -0.15) is 10.2 Å². The normalized spacial score (nSPS) is 17.5. The van der Waals surface area contributed by atoms with E-state index in [-0.39, 0.29) is 0 Å². The summed E-state index contributed by atoms with van der Waals surface area (Å²) < 4.78 is 9.91. The highest BCUT2D eigenvalue weighted by molar-refractivity contribution is 5.72. The van der Waals surface area contributed by atoms with Crippen molar-refractivity contribution in [3.05, 3.63) is 48.2 Å². The molecule has 9 heteroatoms. The molecule has 4 aromatic heterocycles. The molecule has 1 saturated heterocycles. The Labute approximate surface area is 193 Å². The SMILES string of the molecule is Cc1cc(Nc2cc3cc(-c4c(OCC5CC(C)(C)CN5)cnn4C)ccn3n2)nc(C)n1. The van der Waals surface area contributed by atoms with E-state index in [4.69, 9.17) is 4.74 Å². The molecule has 172 valence electrons. The van der Waals surface area contributed by atoms with Crippen molar-refractivity contribution in [2.45, 2.75) is 40.2 Å². The summed E-state index contributed by atoms with van der Waals surface area (Å²) in [4.78, 5) is 8.76. The number of hydrogen-bond acceptors (Lipinski definition) is 7. The summed E-state index contributed by atoms with van der Waals surface area (Å²) in [5.74, 6) is 2.97. The first kappa shape index (κ1) is 21.4. The second-order valence-corrected chi connectivity index (χ2v) is 9.62. The Kier molecular flexibility index (Phi) is 5.28. The van der Waals surface area contributed by atoms with Crippen LogP contribution < -0.4 is 15.4 Å². The summed E-state index contributed by atoms with van der Waals surface area (Å²) >= 11 is 0. The van der Waals surface area contributed by atoms with Crippen molar-refractivity contribution in [1.29, 1.82) is 0 Å². The maximum absolute atomic E-state index is 6.21. The molecule has 0 radical (unpaired) electrons. The summed E-state index contributed by atoms with van der Waals surface area (Å²) in [5, 5.41) is 15.9. The van der Waals surface area contributed by atoms with E-state index in [0.29, 0.717) is 18.1 Å². The van der Waals surface area contributed by atoms with Crippen LogP contribution in [0.1, 0.15) is 31.8 Å². The van der Waals surface area contributed by atoms with E-state index >= 15 is 0 Å². The molecule has 1 aliphatic heterocycles. The van der Waals surface area contributed by atoms with Crippen LogP contribution in [0.4, 0.5) is 11.6 Å². The third-order valence-electron chi connectivity index (χ3n) is 5.97. The highest BCUT2D eigenvalue weighted by Gasteiger charge is 2.31. The van der Waals surface area contributed by atoms with E-state index in [2.05, 4.69) is 50.7 Å². The average molecular weight is 447 g/mol. The maximum atomic E-state index is 6.21. The standard InChI is InChI=1S/C24H30N8O/c1-15-8-21(28-16(2)27-15)29-22-10-19-9-17(6-7-32(19)30-22)23-20(12-26-31(23)5)33-13-18-11-24(3,4)14-25-18/h6-10,12,18,25H,11,13-14H2,1-5H3,(H,27,28,29,30). The molecule has 1 atom stereocenters. The van der Waals surface area contributed by atoms with Crippen LogP contribution in [-0.4, -0.2) is 48.6 Å². The first-order valence-corrected chi connectivity index (χ1v) is 11.2. The van der Waals surface area contributed by atoms with Crippen LogP contribution in [0.15, 0.2) is 36.7 Å².